The molecule has 4 nitrogen and oxygen atoms in total. The Balaban J connectivity index is 1.55. The van der Waals surface area contributed by atoms with E-state index in [2.05, 4.69) is 29.8 Å². The number of hydrogen-bond acceptors (Lipinski definition) is 4. The lowest BCUT2D eigenvalue weighted by Gasteiger charge is -2.43. The second kappa shape index (κ2) is 8.33. The predicted molar refractivity (Wildman–Crippen MR) is 103 cm³/mol. The summed E-state index contributed by atoms with van der Waals surface area (Å²) >= 11 is 0. The highest BCUT2D eigenvalue weighted by Gasteiger charge is 2.37. The largest absolute Gasteiger partial charge is 0.456 e. The minimum Gasteiger partial charge on any atom is -0.456 e. The molecule has 2 aromatic rings. The van der Waals surface area contributed by atoms with Crippen LogP contribution < -0.4 is 4.74 Å². The smallest absolute Gasteiger partial charge is 0.145 e. The van der Waals surface area contributed by atoms with Gasteiger partial charge in [0, 0.05) is 13.0 Å². The van der Waals surface area contributed by atoms with Crippen LogP contribution in [0.2, 0.25) is 0 Å². The Labute approximate surface area is 156 Å². The van der Waals surface area contributed by atoms with Crippen molar-refractivity contribution in [1.82, 2.24) is 9.88 Å². The van der Waals surface area contributed by atoms with Crippen molar-refractivity contribution >= 4 is 0 Å². The van der Waals surface area contributed by atoms with Gasteiger partial charge >= 0.3 is 0 Å². The molecule has 2 heterocycles. The molecule has 136 valence electrons. The molecule has 1 aromatic heterocycles. The Bertz CT molecular complexity index is 726. The first kappa shape index (κ1) is 18.4. The molecule has 0 amide bonds. The normalized spacial score (nSPS) is 17.0. The summed E-state index contributed by atoms with van der Waals surface area (Å²) in [5.41, 5.74) is 1.24. The van der Waals surface area contributed by atoms with Crippen LogP contribution in [0.4, 0.5) is 0 Å². The molecule has 1 aromatic carbocycles. The summed E-state index contributed by atoms with van der Waals surface area (Å²) in [4.78, 5) is 7.00. The maximum Gasteiger partial charge on any atom is 0.145 e. The maximum absolute atomic E-state index is 9.18. The zero-order valence-electron chi connectivity index (χ0n) is 15.7. The molecular formula is C22H27N3O. The zero-order chi connectivity index (χ0) is 18.4. The summed E-state index contributed by atoms with van der Waals surface area (Å²) in [6.45, 7) is 7.42. The molecule has 0 bridgehead atoms. The lowest BCUT2D eigenvalue weighted by atomic mass is 9.68. The molecule has 1 aliphatic rings. The van der Waals surface area contributed by atoms with E-state index in [0.717, 1.165) is 49.7 Å². The first-order valence-electron chi connectivity index (χ1n) is 9.38. The van der Waals surface area contributed by atoms with Gasteiger partial charge in [-0.25, -0.2) is 0 Å². The van der Waals surface area contributed by atoms with Crippen molar-refractivity contribution in [2.75, 3.05) is 13.1 Å². The van der Waals surface area contributed by atoms with Crippen molar-refractivity contribution in [3.63, 3.8) is 0 Å². The molecule has 26 heavy (non-hydrogen) atoms. The van der Waals surface area contributed by atoms with Crippen LogP contribution in [0.15, 0.2) is 48.7 Å². The average molecular weight is 349 g/mol. The van der Waals surface area contributed by atoms with E-state index >= 15 is 0 Å². The molecule has 1 aliphatic heterocycles. The third kappa shape index (κ3) is 4.42. The number of para-hydroxylation sites is 1. The van der Waals surface area contributed by atoms with Crippen molar-refractivity contribution in [3.8, 4) is 17.6 Å². The zero-order valence-corrected chi connectivity index (χ0v) is 15.7. The highest BCUT2D eigenvalue weighted by atomic mass is 16.5. The summed E-state index contributed by atoms with van der Waals surface area (Å²) in [6, 6.07) is 16.2. The number of nitriles is 1. The third-order valence-electron chi connectivity index (χ3n) is 5.67. The van der Waals surface area contributed by atoms with Gasteiger partial charge in [-0.3, -0.25) is 9.88 Å². The molecule has 1 saturated heterocycles. The number of benzene rings is 1. The van der Waals surface area contributed by atoms with E-state index in [9.17, 15) is 5.26 Å². The number of ether oxygens (including phenoxy) is 1. The monoisotopic (exact) mass is 349 g/mol. The fraction of sp³-hybridized carbons (Fsp3) is 0.455. The van der Waals surface area contributed by atoms with Gasteiger partial charge in [-0.15, -0.1) is 0 Å². The average Bonchev–Trinajstić information content (AvgIpc) is 2.66. The molecule has 0 radical (unpaired) electrons. The van der Waals surface area contributed by atoms with E-state index in [-0.39, 0.29) is 5.41 Å². The quantitative estimate of drug-likeness (QED) is 0.734. The minimum atomic E-state index is 0.187. The Morgan fingerprint density at radius 2 is 1.85 bits per heavy atom. The van der Waals surface area contributed by atoms with Crippen LogP contribution in [0.3, 0.4) is 0 Å². The van der Waals surface area contributed by atoms with Crippen LogP contribution in [0.25, 0.3) is 0 Å². The molecule has 0 unspecified atom stereocenters. The first-order valence-corrected chi connectivity index (χ1v) is 9.38. The van der Waals surface area contributed by atoms with Gasteiger partial charge in [-0.1, -0.05) is 32.0 Å². The number of pyridine rings is 1. The molecule has 4 heteroatoms. The molecule has 0 atom stereocenters. The molecule has 0 aliphatic carbocycles. The number of rotatable bonds is 6. The van der Waals surface area contributed by atoms with Gasteiger partial charge in [0.15, 0.2) is 0 Å². The fourth-order valence-corrected chi connectivity index (χ4v) is 3.69. The van der Waals surface area contributed by atoms with Crippen LogP contribution in [-0.4, -0.2) is 23.0 Å². The van der Waals surface area contributed by atoms with Gasteiger partial charge in [0.05, 0.1) is 18.0 Å². The third-order valence-corrected chi connectivity index (χ3v) is 5.67. The summed E-state index contributed by atoms with van der Waals surface area (Å²) in [7, 11) is 0. The summed E-state index contributed by atoms with van der Waals surface area (Å²) in [5.74, 6) is 2.13. The predicted octanol–water partition coefficient (Wildman–Crippen LogP) is 5.03. The Hall–Kier alpha value is -2.38. The number of likely N-dealkylation sites (tertiary alicyclic amines) is 1. The van der Waals surface area contributed by atoms with E-state index in [1.54, 1.807) is 6.20 Å². The molecule has 0 spiro atoms. The van der Waals surface area contributed by atoms with Gasteiger partial charge in [-0.2, -0.15) is 5.26 Å². The van der Waals surface area contributed by atoms with Crippen LogP contribution in [0.1, 0.15) is 38.8 Å². The highest BCUT2D eigenvalue weighted by molar-refractivity contribution is 5.29. The molecule has 0 N–H and O–H groups in total. The SMILES string of the molecule is CC(C)C1(CC#N)CCN(Cc2ccc(Oc3ccccc3)cn2)CC1. The standard InChI is InChI=1S/C22H27N3O/c1-18(2)22(10-13-23)11-14-25(15-12-22)17-19-8-9-21(16-24-19)26-20-6-4-3-5-7-20/h3-9,16,18H,10-12,14-15,17H2,1-2H3. The summed E-state index contributed by atoms with van der Waals surface area (Å²) < 4.78 is 5.80. The van der Waals surface area contributed by atoms with E-state index < -0.39 is 0 Å². The van der Waals surface area contributed by atoms with Crippen LogP contribution >= 0.6 is 0 Å². The summed E-state index contributed by atoms with van der Waals surface area (Å²) in [5, 5.41) is 9.18. The molecule has 0 saturated carbocycles. The van der Waals surface area contributed by atoms with Crippen molar-refractivity contribution in [1.29, 1.82) is 5.26 Å². The van der Waals surface area contributed by atoms with Crippen molar-refractivity contribution in [3.05, 3.63) is 54.4 Å². The maximum atomic E-state index is 9.18. The highest BCUT2D eigenvalue weighted by Crippen LogP contribution is 2.41. The van der Waals surface area contributed by atoms with Crippen LogP contribution in [-0.2, 0) is 6.54 Å². The lowest BCUT2D eigenvalue weighted by Crippen LogP contribution is -2.42. The van der Waals surface area contributed by atoms with Crippen molar-refractivity contribution in [2.45, 2.75) is 39.7 Å². The fourth-order valence-electron chi connectivity index (χ4n) is 3.69. The minimum absolute atomic E-state index is 0.187. The van der Waals surface area contributed by atoms with Gasteiger partial charge in [0.1, 0.15) is 11.5 Å². The second-order valence-corrected chi connectivity index (χ2v) is 7.53. The Morgan fingerprint density at radius 3 is 2.42 bits per heavy atom. The lowest BCUT2D eigenvalue weighted by molar-refractivity contribution is 0.0611. The van der Waals surface area contributed by atoms with E-state index in [4.69, 9.17) is 4.74 Å². The number of aromatic nitrogens is 1. The first-order chi connectivity index (χ1) is 12.6. The van der Waals surface area contributed by atoms with Crippen molar-refractivity contribution < 1.29 is 4.74 Å². The Kier molecular flexibility index (Phi) is 5.90. The van der Waals surface area contributed by atoms with Crippen molar-refractivity contribution in [2.24, 2.45) is 11.3 Å². The van der Waals surface area contributed by atoms with E-state index in [1.807, 2.05) is 42.5 Å². The molecule has 1 fully saturated rings. The number of hydrogen-bond donors (Lipinski definition) is 0. The van der Waals surface area contributed by atoms with Gasteiger partial charge in [0.25, 0.3) is 0 Å². The van der Waals surface area contributed by atoms with Gasteiger partial charge in [0.2, 0.25) is 0 Å². The Morgan fingerprint density at radius 1 is 1.12 bits per heavy atom. The van der Waals surface area contributed by atoms with Crippen LogP contribution in [0.5, 0.6) is 11.5 Å². The van der Waals surface area contributed by atoms with Crippen LogP contribution in [0, 0.1) is 22.7 Å². The van der Waals surface area contributed by atoms with E-state index in [0.29, 0.717) is 12.3 Å². The number of nitrogens with zero attached hydrogens (tertiary/aromatic N) is 3. The molecular weight excluding hydrogens is 322 g/mol. The number of piperidine rings is 1. The second-order valence-electron chi connectivity index (χ2n) is 7.53. The van der Waals surface area contributed by atoms with Gasteiger partial charge in [-0.05, 0) is 61.5 Å². The van der Waals surface area contributed by atoms with Gasteiger partial charge < -0.3 is 4.74 Å². The molecule has 3 rings (SSSR count). The topological polar surface area (TPSA) is 49.2 Å². The summed E-state index contributed by atoms with van der Waals surface area (Å²) in [6.07, 6.45) is 4.64. The van der Waals surface area contributed by atoms with E-state index in [1.165, 1.54) is 0 Å².